The summed E-state index contributed by atoms with van der Waals surface area (Å²) in [6, 6.07) is 15.1. The molecule has 7 heteroatoms. The van der Waals surface area contributed by atoms with Crippen LogP contribution in [-0.2, 0) is 4.79 Å². The molecule has 1 aliphatic heterocycles. The first-order chi connectivity index (χ1) is 15.2. The number of piperidine rings is 1. The van der Waals surface area contributed by atoms with E-state index in [0.717, 1.165) is 29.8 Å². The van der Waals surface area contributed by atoms with Gasteiger partial charge in [0.05, 0.1) is 11.8 Å². The maximum Gasteiger partial charge on any atom is 0.230 e. The smallest absolute Gasteiger partial charge is 0.230 e. The number of hydrogen-bond acceptors (Lipinski definition) is 5. The molecule has 2 fully saturated rings. The van der Waals surface area contributed by atoms with E-state index in [2.05, 4.69) is 55.3 Å². The van der Waals surface area contributed by atoms with Gasteiger partial charge in [-0.15, -0.1) is 10.2 Å². The lowest BCUT2D eigenvalue weighted by Gasteiger charge is -2.27. The highest BCUT2D eigenvalue weighted by Gasteiger charge is 2.32. The highest BCUT2D eigenvalue weighted by atomic mass is 32.2. The van der Waals surface area contributed by atoms with E-state index in [1.165, 1.54) is 54.6 Å². The lowest BCUT2D eigenvalue weighted by atomic mass is 10.0. The van der Waals surface area contributed by atoms with Crippen LogP contribution in [0.4, 0.5) is 5.95 Å². The number of amides is 1. The highest BCUT2D eigenvalue weighted by molar-refractivity contribution is 7.99. The third kappa shape index (κ3) is 4.56. The maximum atomic E-state index is 12.7. The van der Waals surface area contributed by atoms with Gasteiger partial charge in [0.15, 0.2) is 5.16 Å². The van der Waals surface area contributed by atoms with Crippen molar-refractivity contribution in [1.29, 1.82) is 0 Å². The number of thioether (sulfide) groups is 1. The Labute approximate surface area is 187 Å². The SMILES string of the molecule is CC(NC(=O)CSc1nnc(N2CCCCC2)n1C1CC1)c1ccc2ccccc2c1. The van der Waals surface area contributed by atoms with Gasteiger partial charge in [-0.25, -0.2) is 0 Å². The fourth-order valence-electron chi connectivity index (χ4n) is 4.30. The van der Waals surface area contributed by atoms with Crippen LogP contribution in [0.15, 0.2) is 47.6 Å². The molecule has 1 N–H and O–H groups in total. The standard InChI is InChI=1S/C24H29N5OS/c1-17(19-10-9-18-7-3-4-8-20(18)15-19)25-22(30)16-31-24-27-26-23(29(24)21-11-12-21)28-13-5-2-6-14-28/h3-4,7-10,15,17,21H,2,5-6,11-14,16H2,1H3,(H,25,30). The summed E-state index contributed by atoms with van der Waals surface area (Å²) < 4.78 is 2.27. The Kier molecular flexibility index (Phi) is 5.85. The third-order valence-electron chi connectivity index (χ3n) is 6.18. The normalized spacial score (nSPS) is 17.6. The molecule has 162 valence electrons. The largest absolute Gasteiger partial charge is 0.349 e. The number of nitrogens with one attached hydrogen (secondary N) is 1. The molecule has 1 amide bonds. The Hall–Kier alpha value is -2.54. The van der Waals surface area contributed by atoms with E-state index >= 15 is 0 Å². The third-order valence-corrected chi connectivity index (χ3v) is 7.12. The topological polar surface area (TPSA) is 63.1 Å². The zero-order chi connectivity index (χ0) is 21.2. The predicted octanol–water partition coefficient (Wildman–Crippen LogP) is 4.73. The minimum absolute atomic E-state index is 0.0236. The molecule has 1 aromatic heterocycles. The fourth-order valence-corrected chi connectivity index (χ4v) is 5.12. The highest BCUT2D eigenvalue weighted by Crippen LogP contribution is 2.41. The van der Waals surface area contributed by atoms with Gasteiger partial charge in [0.1, 0.15) is 0 Å². The van der Waals surface area contributed by atoms with Gasteiger partial charge in [-0.2, -0.15) is 0 Å². The summed E-state index contributed by atoms with van der Waals surface area (Å²) in [5.41, 5.74) is 1.12. The zero-order valence-electron chi connectivity index (χ0n) is 18.0. The van der Waals surface area contributed by atoms with Gasteiger partial charge in [-0.05, 0) is 61.4 Å². The Bertz CT molecular complexity index is 1070. The van der Waals surface area contributed by atoms with Crippen LogP contribution >= 0.6 is 11.8 Å². The molecule has 1 saturated carbocycles. The second-order valence-corrected chi connectivity index (χ2v) is 9.56. The zero-order valence-corrected chi connectivity index (χ0v) is 18.8. The molecule has 1 atom stereocenters. The van der Waals surface area contributed by atoms with Gasteiger partial charge in [-0.1, -0.05) is 48.2 Å². The summed E-state index contributed by atoms with van der Waals surface area (Å²) in [4.78, 5) is 15.0. The van der Waals surface area contributed by atoms with Gasteiger partial charge in [0.25, 0.3) is 0 Å². The van der Waals surface area contributed by atoms with Gasteiger partial charge >= 0.3 is 0 Å². The van der Waals surface area contributed by atoms with Crippen molar-refractivity contribution >= 4 is 34.4 Å². The monoisotopic (exact) mass is 435 g/mol. The van der Waals surface area contributed by atoms with Crippen LogP contribution in [0.25, 0.3) is 10.8 Å². The summed E-state index contributed by atoms with van der Waals surface area (Å²) in [6.45, 7) is 4.15. The van der Waals surface area contributed by atoms with Gasteiger partial charge in [0.2, 0.25) is 11.9 Å². The van der Waals surface area contributed by atoms with Crippen molar-refractivity contribution in [2.75, 3.05) is 23.7 Å². The van der Waals surface area contributed by atoms with Crippen LogP contribution in [0.5, 0.6) is 0 Å². The molecule has 0 bridgehead atoms. The van der Waals surface area contributed by atoms with Crippen molar-refractivity contribution in [1.82, 2.24) is 20.1 Å². The van der Waals surface area contributed by atoms with E-state index in [1.54, 1.807) is 0 Å². The molecular weight excluding hydrogens is 406 g/mol. The predicted molar refractivity (Wildman–Crippen MR) is 126 cm³/mol. The van der Waals surface area contributed by atoms with Crippen molar-refractivity contribution in [2.45, 2.75) is 56.3 Å². The van der Waals surface area contributed by atoms with Crippen LogP contribution in [0.3, 0.4) is 0 Å². The number of carbonyl (C=O) groups is 1. The summed E-state index contributed by atoms with van der Waals surface area (Å²) >= 11 is 1.50. The van der Waals surface area contributed by atoms with Crippen molar-refractivity contribution in [3.8, 4) is 0 Å². The Morgan fingerprint density at radius 2 is 1.87 bits per heavy atom. The summed E-state index contributed by atoms with van der Waals surface area (Å²) in [5, 5.41) is 15.4. The Balaban J connectivity index is 1.22. The average molecular weight is 436 g/mol. The van der Waals surface area contributed by atoms with E-state index in [1.807, 2.05) is 19.1 Å². The number of benzene rings is 2. The van der Waals surface area contributed by atoms with E-state index in [0.29, 0.717) is 11.8 Å². The molecule has 0 spiro atoms. The molecule has 3 aromatic rings. The van der Waals surface area contributed by atoms with E-state index in [4.69, 9.17) is 0 Å². The average Bonchev–Trinajstić information content (AvgIpc) is 3.56. The summed E-state index contributed by atoms with van der Waals surface area (Å²) in [5.74, 6) is 1.37. The first-order valence-corrected chi connectivity index (χ1v) is 12.3. The maximum absolute atomic E-state index is 12.7. The van der Waals surface area contributed by atoms with Crippen molar-refractivity contribution in [3.05, 3.63) is 48.0 Å². The fraction of sp³-hybridized carbons (Fsp3) is 0.458. The molecule has 5 rings (SSSR count). The molecule has 1 aliphatic carbocycles. The Morgan fingerprint density at radius 1 is 1.10 bits per heavy atom. The lowest BCUT2D eigenvalue weighted by molar-refractivity contribution is -0.119. The van der Waals surface area contributed by atoms with Crippen LogP contribution in [-0.4, -0.2) is 39.5 Å². The van der Waals surface area contributed by atoms with Crippen LogP contribution < -0.4 is 10.2 Å². The quantitative estimate of drug-likeness (QED) is 0.544. The number of aromatic nitrogens is 3. The molecule has 0 radical (unpaired) electrons. The Morgan fingerprint density at radius 3 is 2.65 bits per heavy atom. The van der Waals surface area contributed by atoms with Crippen LogP contribution in [0, 0.1) is 0 Å². The van der Waals surface area contributed by atoms with Crippen LogP contribution in [0.2, 0.25) is 0 Å². The second kappa shape index (κ2) is 8.91. The van der Waals surface area contributed by atoms with Gasteiger partial charge in [0, 0.05) is 19.1 Å². The number of nitrogens with zero attached hydrogens (tertiary/aromatic N) is 4. The number of rotatable bonds is 7. The number of hydrogen-bond donors (Lipinski definition) is 1. The van der Waals surface area contributed by atoms with Crippen LogP contribution in [0.1, 0.15) is 56.7 Å². The van der Waals surface area contributed by atoms with E-state index < -0.39 is 0 Å². The molecule has 31 heavy (non-hydrogen) atoms. The first kappa shape index (κ1) is 20.4. The molecule has 6 nitrogen and oxygen atoms in total. The van der Waals surface area contributed by atoms with Gasteiger partial charge < -0.3 is 10.2 Å². The number of anilines is 1. The molecule has 1 saturated heterocycles. The molecule has 2 heterocycles. The molecule has 2 aliphatic rings. The first-order valence-electron chi connectivity index (χ1n) is 11.3. The number of fused-ring (bicyclic) bond motifs is 1. The van der Waals surface area contributed by atoms with Crippen molar-refractivity contribution < 1.29 is 4.79 Å². The van der Waals surface area contributed by atoms with Crippen molar-refractivity contribution in [3.63, 3.8) is 0 Å². The molecular formula is C24H29N5OS. The molecule has 1 unspecified atom stereocenters. The van der Waals surface area contributed by atoms with E-state index in [-0.39, 0.29) is 11.9 Å². The van der Waals surface area contributed by atoms with E-state index in [9.17, 15) is 4.79 Å². The lowest BCUT2D eigenvalue weighted by Crippen LogP contribution is -2.32. The minimum atomic E-state index is -0.0390. The number of carbonyl (C=O) groups excluding carboxylic acids is 1. The second-order valence-electron chi connectivity index (χ2n) is 8.62. The van der Waals surface area contributed by atoms with Gasteiger partial charge in [-0.3, -0.25) is 9.36 Å². The van der Waals surface area contributed by atoms with Crippen molar-refractivity contribution in [2.24, 2.45) is 0 Å². The summed E-state index contributed by atoms with van der Waals surface area (Å²) in [6.07, 6.45) is 6.09. The summed E-state index contributed by atoms with van der Waals surface area (Å²) in [7, 11) is 0. The molecule has 2 aromatic carbocycles. The minimum Gasteiger partial charge on any atom is -0.349 e.